The molecular weight excluding hydrogens is 402 g/mol. The summed E-state index contributed by atoms with van der Waals surface area (Å²) in [7, 11) is 0. The van der Waals surface area contributed by atoms with E-state index in [1.807, 2.05) is 6.92 Å². The second-order valence-corrected chi connectivity index (χ2v) is 8.78. The Labute approximate surface area is 190 Å². The van der Waals surface area contributed by atoms with Gasteiger partial charge in [-0.3, -0.25) is 9.59 Å². The van der Waals surface area contributed by atoms with Gasteiger partial charge in [0.2, 0.25) is 0 Å². The monoisotopic (exact) mass is 435 g/mol. The van der Waals surface area contributed by atoms with Crippen LogP contribution in [0.4, 0.5) is 5.82 Å². The second-order valence-electron chi connectivity index (χ2n) is 8.78. The van der Waals surface area contributed by atoms with Crippen LogP contribution in [0.25, 0.3) is 0 Å². The zero-order valence-corrected chi connectivity index (χ0v) is 19.2. The Morgan fingerprint density at radius 1 is 1.22 bits per heavy atom. The van der Waals surface area contributed by atoms with Crippen LogP contribution in [0.5, 0.6) is 0 Å². The van der Waals surface area contributed by atoms with Crippen molar-refractivity contribution >= 4 is 17.5 Å². The van der Waals surface area contributed by atoms with E-state index in [1.54, 1.807) is 12.3 Å². The maximum Gasteiger partial charge on any atom is 0.252 e. The number of hydrogen-bond donors (Lipinski definition) is 1. The summed E-state index contributed by atoms with van der Waals surface area (Å²) in [6, 6.07) is 2.16. The molecule has 6 nitrogen and oxygen atoms in total. The van der Waals surface area contributed by atoms with Crippen molar-refractivity contribution in [3.05, 3.63) is 58.3 Å². The molecule has 3 aliphatic rings. The van der Waals surface area contributed by atoms with Crippen LogP contribution in [-0.4, -0.2) is 49.0 Å². The van der Waals surface area contributed by atoms with Crippen molar-refractivity contribution in [3.63, 3.8) is 0 Å². The van der Waals surface area contributed by atoms with Gasteiger partial charge in [0.25, 0.3) is 5.91 Å². The Morgan fingerprint density at radius 3 is 2.81 bits per heavy atom. The molecule has 4 rings (SSSR count). The first kappa shape index (κ1) is 22.5. The predicted octanol–water partition coefficient (Wildman–Crippen LogP) is 3.92. The number of anilines is 1. The fourth-order valence-corrected chi connectivity index (χ4v) is 4.95. The van der Waals surface area contributed by atoms with E-state index in [2.05, 4.69) is 35.4 Å². The van der Waals surface area contributed by atoms with Crippen LogP contribution in [-0.2, 0) is 16.0 Å². The summed E-state index contributed by atoms with van der Waals surface area (Å²) >= 11 is 0. The Hall–Kier alpha value is -2.73. The standard InChI is InChI=1S/C26H33N3O3/c1-3-29(20-10-13-32-14-11-20)25-21-8-6-4-5-7-19-15-18(2)16-24(30)23(19)17-28-26(31)22(21)9-12-27-25/h4,6,9,12,15,20H,3,5,7-8,10-11,13-14,16-17H2,1-2H3,(H,28,31)/b6-4+. The van der Waals surface area contributed by atoms with E-state index in [0.29, 0.717) is 24.4 Å². The number of nitrogens with zero attached hydrogens (tertiary/aromatic N) is 2. The molecule has 1 aromatic rings. The van der Waals surface area contributed by atoms with Gasteiger partial charge in [-0.15, -0.1) is 0 Å². The quantitative estimate of drug-likeness (QED) is 0.729. The molecule has 0 spiro atoms. The molecule has 1 amide bonds. The lowest BCUT2D eigenvalue weighted by atomic mass is 9.89. The van der Waals surface area contributed by atoms with E-state index < -0.39 is 0 Å². The maximum atomic E-state index is 13.3. The number of pyridine rings is 1. The number of ether oxygens (including phenoxy) is 1. The van der Waals surface area contributed by atoms with Gasteiger partial charge in [-0.25, -0.2) is 4.98 Å². The summed E-state index contributed by atoms with van der Waals surface area (Å²) in [5.41, 5.74) is 4.48. The van der Waals surface area contributed by atoms with E-state index in [1.165, 1.54) is 0 Å². The van der Waals surface area contributed by atoms with Crippen molar-refractivity contribution in [1.82, 2.24) is 10.3 Å². The topological polar surface area (TPSA) is 71.5 Å². The minimum Gasteiger partial charge on any atom is -0.381 e. The fourth-order valence-electron chi connectivity index (χ4n) is 4.95. The Morgan fingerprint density at radius 2 is 2.03 bits per heavy atom. The number of ketones is 1. The highest BCUT2D eigenvalue weighted by Gasteiger charge is 2.26. The van der Waals surface area contributed by atoms with Gasteiger partial charge >= 0.3 is 0 Å². The van der Waals surface area contributed by atoms with Gasteiger partial charge < -0.3 is 15.0 Å². The molecule has 0 atom stereocenters. The molecule has 1 N–H and O–H groups in total. The Bertz CT molecular complexity index is 971. The normalized spacial score (nSPS) is 21.5. The maximum absolute atomic E-state index is 13.3. The Kier molecular flexibility index (Phi) is 7.20. The van der Waals surface area contributed by atoms with E-state index in [9.17, 15) is 9.59 Å². The van der Waals surface area contributed by atoms with Gasteiger partial charge in [-0.2, -0.15) is 0 Å². The largest absolute Gasteiger partial charge is 0.381 e. The first-order valence-corrected chi connectivity index (χ1v) is 11.8. The number of carbonyl (C=O) groups is 2. The van der Waals surface area contributed by atoms with E-state index in [-0.39, 0.29) is 18.2 Å². The van der Waals surface area contributed by atoms with Crippen molar-refractivity contribution in [2.45, 2.75) is 58.4 Å². The highest BCUT2D eigenvalue weighted by Crippen LogP contribution is 2.29. The third-order valence-corrected chi connectivity index (χ3v) is 6.60. The third-order valence-electron chi connectivity index (χ3n) is 6.60. The molecular formula is C26H33N3O3. The zero-order chi connectivity index (χ0) is 22.5. The van der Waals surface area contributed by atoms with Crippen LogP contribution in [0, 0.1) is 0 Å². The number of hydrogen-bond acceptors (Lipinski definition) is 5. The van der Waals surface area contributed by atoms with Gasteiger partial charge in [0.1, 0.15) is 5.82 Å². The molecule has 0 aromatic carbocycles. The van der Waals surface area contributed by atoms with Crippen molar-refractivity contribution < 1.29 is 14.3 Å². The minimum absolute atomic E-state index is 0.119. The molecule has 0 saturated carbocycles. The van der Waals surface area contributed by atoms with Crippen LogP contribution in [0.15, 0.2) is 47.2 Å². The molecule has 32 heavy (non-hydrogen) atoms. The van der Waals surface area contributed by atoms with Crippen LogP contribution >= 0.6 is 0 Å². The summed E-state index contributed by atoms with van der Waals surface area (Å²) in [6.45, 7) is 6.76. The molecule has 3 heterocycles. The minimum atomic E-state index is -0.147. The molecule has 1 saturated heterocycles. The van der Waals surface area contributed by atoms with Crippen molar-refractivity contribution in [2.24, 2.45) is 0 Å². The number of rotatable bonds is 3. The first-order chi connectivity index (χ1) is 15.6. The molecule has 0 bridgehead atoms. The van der Waals surface area contributed by atoms with Crippen molar-refractivity contribution in [3.8, 4) is 0 Å². The highest BCUT2D eigenvalue weighted by atomic mass is 16.5. The molecule has 6 heteroatoms. The van der Waals surface area contributed by atoms with Gasteiger partial charge in [0.05, 0.1) is 0 Å². The SMILES string of the molecule is CCN(c1nccc2c1C/C=C/CCC1=C(CNC2=O)C(=O)CC(C)=C1)C1CCOCC1. The predicted molar refractivity (Wildman–Crippen MR) is 126 cm³/mol. The van der Waals surface area contributed by atoms with Crippen molar-refractivity contribution in [1.29, 1.82) is 0 Å². The van der Waals surface area contributed by atoms with E-state index in [4.69, 9.17) is 9.72 Å². The Balaban J connectivity index is 1.68. The molecule has 0 radical (unpaired) electrons. The van der Waals surface area contributed by atoms with Gasteiger partial charge in [0.15, 0.2) is 5.78 Å². The molecule has 1 aromatic heterocycles. The highest BCUT2D eigenvalue weighted by molar-refractivity contribution is 6.02. The van der Waals surface area contributed by atoms with Gasteiger partial charge in [-0.05, 0) is 57.6 Å². The average Bonchev–Trinajstić information content (AvgIpc) is 2.79. The second kappa shape index (κ2) is 10.3. The lowest BCUT2D eigenvalue weighted by molar-refractivity contribution is -0.115. The number of Topliss-reactive ketones (excluding diaryl/α,β-unsaturated/α-hetero) is 1. The number of fused-ring (bicyclic) bond motifs is 1. The van der Waals surface area contributed by atoms with Crippen LogP contribution in [0.1, 0.15) is 61.9 Å². The number of allylic oxidation sites excluding steroid dienone is 5. The summed E-state index contributed by atoms with van der Waals surface area (Å²) < 4.78 is 5.55. The third kappa shape index (κ3) is 4.85. The summed E-state index contributed by atoms with van der Waals surface area (Å²) in [4.78, 5) is 33.0. The number of nitrogens with one attached hydrogen (secondary N) is 1. The lowest BCUT2D eigenvalue weighted by Gasteiger charge is -2.35. The molecule has 170 valence electrons. The number of amides is 1. The number of carbonyl (C=O) groups excluding carboxylic acids is 2. The lowest BCUT2D eigenvalue weighted by Crippen LogP contribution is -2.41. The van der Waals surface area contributed by atoms with Gasteiger partial charge in [-0.1, -0.05) is 23.8 Å². The molecule has 0 unspecified atom stereocenters. The summed E-state index contributed by atoms with van der Waals surface area (Å²) in [6.07, 6.45) is 12.8. The average molecular weight is 436 g/mol. The van der Waals surface area contributed by atoms with E-state index in [0.717, 1.165) is 73.5 Å². The van der Waals surface area contributed by atoms with Crippen molar-refractivity contribution in [2.75, 3.05) is 31.2 Å². The fraction of sp³-hybridized carbons (Fsp3) is 0.500. The zero-order valence-electron chi connectivity index (χ0n) is 19.2. The smallest absolute Gasteiger partial charge is 0.252 e. The van der Waals surface area contributed by atoms with E-state index >= 15 is 0 Å². The van der Waals surface area contributed by atoms with Crippen LogP contribution in [0.2, 0.25) is 0 Å². The first-order valence-electron chi connectivity index (χ1n) is 11.8. The van der Waals surface area contributed by atoms with Crippen LogP contribution < -0.4 is 10.2 Å². The number of aromatic nitrogens is 1. The molecule has 2 aliphatic heterocycles. The molecule has 1 fully saturated rings. The van der Waals surface area contributed by atoms with Crippen LogP contribution in [0.3, 0.4) is 0 Å². The van der Waals surface area contributed by atoms with Gasteiger partial charge in [0, 0.05) is 61.7 Å². The molecule has 1 aliphatic carbocycles. The summed E-state index contributed by atoms with van der Waals surface area (Å²) in [5, 5.41) is 3.03. The summed E-state index contributed by atoms with van der Waals surface area (Å²) in [5.74, 6) is 0.862.